The van der Waals surface area contributed by atoms with Crippen molar-refractivity contribution in [3.63, 3.8) is 0 Å². The van der Waals surface area contributed by atoms with Gasteiger partial charge in [-0.2, -0.15) is 13.2 Å². The van der Waals surface area contributed by atoms with Crippen LogP contribution in [0.5, 0.6) is 17.4 Å². The molecule has 2 aromatic rings. The van der Waals surface area contributed by atoms with Crippen molar-refractivity contribution in [1.82, 2.24) is 4.98 Å². The summed E-state index contributed by atoms with van der Waals surface area (Å²) in [7, 11) is 0. The Labute approximate surface area is 168 Å². The van der Waals surface area contributed by atoms with Crippen LogP contribution in [0.4, 0.5) is 13.2 Å². The predicted molar refractivity (Wildman–Crippen MR) is 96.4 cm³/mol. The fourth-order valence-electron chi connectivity index (χ4n) is 1.61. The van der Waals surface area contributed by atoms with Gasteiger partial charge in [0.1, 0.15) is 22.6 Å². The molecule has 1 aromatic carbocycles. The Bertz CT molecular complexity index is 797. The van der Waals surface area contributed by atoms with Crippen LogP contribution in [0, 0.1) is 0 Å². The molecule has 0 fully saturated rings. The number of hydrogen-bond donors (Lipinski definition) is 0. The Hall–Kier alpha value is -0.960. The Morgan fingerprint density at radius 3 is 2.44 bits per heavy atom. The SMILES string of the molecule is FC(F)(F)c1cnc(Oc2ccc(OCC=C(Cl)Cl)cc2Br)c(Br)c1. The van der Waals surface area contributed by atoms with E-state index in [1.165, 1.54) is 6.08 Å². The predicted octanol–water partition coefficient (Wildman–Crippen LogP) is 7.12. The van der Waals surface area contributed by atoms with E-state index in [1.807, 2.05) is 0 Å². The molecule has 0 saturated carbocycles. The molecule has 10 heteroatoms. The number of nitrogens with zero attached hydrogens (tertiary/aromatic N) is 1. The fourth-order valence-corrected chi connectivity index (χ4v) is 2.61. The molecule has 0 bridgehead atoms. The number of aromatic nitrogens is 1. The van der Waals surface area contributed by atoms with E-state index in [0.717, 1.165) is 6.07 Å². The summed E-state index contributed by atoms with van der Waals surface area (Å²) in [6.45, 7) is 0.182. The van der Waals surface area contributed by atoms with Crippen LogP contribution in [-0.2, 0) is 6.18 Å². The van der Waals surface area contributed by atoms with Gasteiger partial charge in [-0.05, 0) is 62.2 Å². The second kappa shape index (κ2) is 8.62. The van der Waals surface area contributed by atoms with Gasteiger partial charge in [0, 0.05) is 6.20 Å². The minimum atomic E-state index is -4.48. The average molecular weight is 522 g/mol. The largest absolute Gasteiger partial charge is 0.489 e. The number of alkyl halides is 3. The summed E-state index contributed by atoms with van der Waals surface area (Å²) in [4.78, 5) is 3.69. The van der Waals surface area contributed by atoms with Gasteiger partial charge >= 0.3 is 6.18 Å². The standard InChI is InChI=1S/C15H8Br2Cl2F3NO2/c16-10-6-9(24-4-3-13(18)19)1-2-12(10)25-14-11(17)5-8(7-23-14)15(20,21)22/h1-3,5-7H,4H2. The van der Waals surface area contributed by atoms with Gasteiger partial charge in [0.15, 0.2) is 0 Å². The fraction of sp³-hybridized carbons (Fsp3) is 0.133. The van der Waals surface area contributed by atoms with Crippen molar-refractivity contribution >= 4 is 55.1 Å². The monoisotopic (exact) mass is 519 g/mol. The van der Waals surface area contributed by atoms with Gasteiger partial charge in [0.2, 0.25) is 5.88 Å². The van der Waals surface area contributed by atoms with Gasteiger partial charge in [-0.1, -0.05) is 23.2 Å². The first-order chi connectivity index (χ1) is 11.7. The van der Waals surface area contributed by atoms with E-state index in [4.69, 9.17) is 32.7 Å². The highest BCUT2D eigenvalue weighted by atomic mass is 79.9. The number of hydrogen-bond acceptors (Lipinski definition) is 3. The second-order valence-electron chi connectivity index (χ2n) is 4.51. The lowest BCUT2D eigenvalue weighted by molar-refractivity contribution is -0.137. The van der Waals surface area contributed by atoms with Gasteiger partial charge in [-0.25, -0.2) is 4.98 Å². The van der Waals surface area contributed by atoms with Crippen molar-refractivity contribution in [2.24, 2.45) is 0 Å². The highest BCUT2D eigenvalue weighted by Crippen LogP contribution is 2.37. The third kappa shape index (κ3) is 6.06. The van der Waals surface area contributed by atoms with E-state index in [2.05, 4.69) is 36.8 Å². The summed E-state index contributed by atoms with van der Waals surface area (Å²) in [5.41, 5.74) is -0.874. The summed E-state index contributed by atoms with van der Waals surface area (Å²) < 4.78 is 49.6. The van der Waals surface area contributed by atoms with Crippen LogP contribution in [0.1, 0.15) is 5.56 Å². The topological polar surface area (TPSA) is 31.4 Å². The molecular formula is C15H8Br2Cl2F3NO2. The molecule has 0 N–H and O–H groups in total. The molecule has 0 amide bonds. The molecule has 1 heterocycles. The molecule has 0 saturated heterocycles. The molecule has 0 spiro atoms. The molecule has 134 valence electrons. The molecule has 25 heavy (non-hydrogen) atoms. The van der Waals surface area contributed by atoms with Crippen LogP contribution in [0.15, 0.2) is 50.0 Å². The van der Waals surface area contributed by atoms with Crippen molar-refractivity contribution in [3.8, 4) is 17.4 Å². The first-order valence-electron chi connectivity index (χ1n) is 6.51. The van der Waals surface area contributed by atoms with Gasteiger partial charge in [0.05, 0.1) is 14.5 Å². The third-order valence-electron chi connectivity index (χ3n) is 2.73. The summed E-state index contributed by atoms with van der Waals surface area (Å²) >= 11 is 17.3. The molecular weight excluding hydrogens is 514 g/mol. The Kier molecular flexibility index (Phi) is 7.01. The smallest absolute Gasteiger partial charge is 0.417 e. The molecule has 0 aliphatic heterocycles. The Morgan fingerprint density at radius 1 is 1.16 bits per heavy atom. The maximum absolute atomic E-state index is 12.6. The average Bonchev–Trinajstić information content (AvgIpc) is 2.50. The second-order valence-corrected chi connectivity index (χ2v) is 7.22. The van der Waals surface area contributed by atoms with E-state index < -0.39 is 11.7 Å². The van der Waals surface area contributed by atoms with Gasteiger partial charge in [0.25, 0.3) is 0 Å². The lowest BCUT2D eigenvalue weighted by Gasteiger charge is -2.12. The van der Waals surface area contributed by atoms with Gasteiger partial charge in [-0.15, -0.1) is 0 Å². The zero-order chi connectivity index (χ0) is 18.6. The zero-order valence-corrected chi connectivity index (χ0v) is 16.8. The molecule has 0 unspecified atom stereocenters. The number of ether oxygens (including phenoxy) is 2. The number of benzene rings is 1. The number of halogens is 7. The lowest BCUT2D eigenvalue weighted by Crippen LogP contribution is -2.06. The van der Waals surface area contributed by atoms with Crippen LogP contribution < -0.4 is 9.47 Å². The Morgan fingerprint density at radius 2 is 1.88 bits per heavy atom. The van der Waals surface area contributed by atoms with E-state index in [0.29, 0.717) is 22.2 Å². The van der Waals surface area contributed by atoms with Gasteiger partial charge in [-0.3, -0.25) is 0 Å². The molecule has 1 aromatic heterocycles. The van der Waals surface area contributed by atoms with Crippen molar-refractivity contribution in [1.29, 1.82) is 0 Å². The van der Waals surface area contributed by atoms with Crippen LogP contribution in [0.3, 0.4) is 0 Å². The summed E-state index contributed by atoms with van der Waals surface area (Å²) in [6, 6.07) is 5.73. The quantitative estimate of drug-likeness (QED) is 0.420. The van der Waals surface area contributed by atoms with Crippen LogP contribution in [0.25, 0.3) is 0 Å². The van der Waals surface area contributed by atoms with E-state index in [-0.39, 0.29) is 21.5 Å². The van der Waals surface area contributed by atoms with Crippen molar-refractivity contribution in [2.75, 3.05) is 6.61 Å². The van der Waals surface area contributed by atoms with Crippen LogP contribution >= 0.6 is 55.1 Å². The first-order valence-corrected chi connectivity index (χ1v) is 8.85. The summed E-state index contributed by atoms with van der Waals surface area (Å²) in [5, 5.41) is 0. The highest BCUT2D eigenvalue weighted by molar-refractivity contribution is 9.11. The molecule has 0 aliphatic rings. The minimum Gasteiger partial charge on any atom is -0.489 e. The first kappa shape index (κ1) is 20.4. The third-order valence-corrected chi connectivity index (χ3v) is 4.23. The molecule has 2 rings (SSSR count). The molecule has 0 aliphatic carbocycles. The summed E-state index contributed by atoms with van der Waals surface area (Å²) in [6.07, 6.45) is -2.30. The van der Waals surface area contributed by atoms with E-state index >= 15 is 0 Å². The van der Waals surface area contributed by atoms with E-state index in [9.17, 15) is 13.2 Å². The zero-order valence-electron chi connectivity index (χ0n) is 12.1. The minimum absolute atomic E-state index is 0.000719. The number of pyridine rings is 1. The van der Waals surface area contributed by atoms with Crippen molar-refractivity contribution < 1.29 is 22.6 Å². The molecule has 3 nitrogen and oxygen atoms in total. The molecule has 0 radical (unpaired) electrons. The van der Waals surface area contributed by atoms with Gasteiger partial charge < -0.3 is 9.47 Å². The maximum Gasteiger partial charge on any atom is 0.417 e. The Balaban J connectivity index is 2.14. The van der Waals surface area contributed by atoms with Crippen LogP contribution in [-0.4, -0.2) is 11.6 Å². The lowest BCUT2D eigenvalue weighted by atomic mass is 10.3. The van der Waals surface area contributed by atoms with E-state index in [1.54, 1.807) is 18.2 Å². The number of rotatable bonds is 5. The highest BCUT2D eigenvalue weighted by Gasteiger charge is 2.31. The summed E-state index contributed by atoms with van der Waals surface area (Å²) in [5.74, 6) is 0.870. The maximum atomic E-state index is 12.6. The van der Waals surface area contributed by atoms with Crippen molar-refractivity contribution in [2.45, 2.75) is 6.18 Å². The normalized spacial score (nSPS) is 11.2. The van der Waals surface area contributed by atoms with Crippen LogP contribution in [0.2, 0.25) is 0 Å². The molecule has 0 atom stereocenters. The van der Waals surface area contributed by atoms with Crippen molar-refractivity contribution in [3.05, 3.63) is 55.5 Å².